The maximum Gasteiger partial charge on any atom is 0.0716 e. The third-order valence-electron chi connectivity index (χ3n) is 5.78. The average Bonchev–Trinajstić information content (AvgIpc) is 3.10. The van der Waals surface area contributed by atoms with Gasteiger partial charge in [-0.05, 0) is 78.8 Å². The Morgan fingerprint density at radius 2 is 1.52 bits per heavy atom. The van der Waals surface area contributed by atoms with E-state index in [4.69, 9.17) is 23.2 Å². The molecule has 2 heteroatoms. The van der Waals surface area contributed by atoms with Gasteiger partial charge in [0.2, 0.25) is 0 Å². The fourth-order valence-corrected chi connectivity index (χ4v) is 5.30. The quantitative estimate of drug-likeness (QED) is 0.317. The van der Waals surface area contributed by atoms with Gasteiger partial charge in [0, 0.05) is 10.6 Å². The lowest BCUT2D eigenvalue weighted by atomic mass is 9.68. The summed E-state index contributed by atoms with van der Waals surface area (Å²) in [5, 5.41) is 1.26. The second kappa shape index (κ2) is 10.2. The lowest BCUT2D eigenvalue weighted by Crippen LogP contribution is -2.27. The van der Waals surface area contributed by atoms with Crippen molar-refractivity contribution in [2.24, 2.45) is 0 Å². The van der Waals surface area contributed by atoms with E-state index in [1.807, 2.05) is 37.3 Å². The van der Waals surface area contributed by atoms with Gasteiger partial charge in [0.15, 0.2) is 0 Å². The molecule has 0 N–H and O–H groups in total. The topological polar surface area (TPSA) is 0 Å². The molecule has 1 atom stereocenters. The molecule has 2 aliphatic rings. The molecule has 2 aliphatic carbocycles. The Morgan fingerprint density at radius 1 is 0.903 bits per heavy atom. The molecule has 1 aromatic carbocycles. The summed E-state index contributed by atoms with van der Waals surface area (Å²) in [6.07, 6.45) is 15.6. The highest BCUT2D eigenvalue weighted by Gasteiger charge is 2.53. The third-order valence-corrected chi connectivity index (χ3v) is 6.29. The molecule has 0 bridgehead atoms. The minimum Gasteiger partial charge on any atom is -0.103 e. The van der Waals surface area contributed by atoms with Crippen LogP contribution in [0.2, 0.25) is 10.0 Å². The number of benzene rings is 1. The number of hydrogen-bond acceptors (Lipinski definition) is 0. The van der Waals surface area contributed by atoms with Crippen molar-refractivity contribution in [3.05, 3.63) is 136 Å². The monoisotopic (exact) mass is 448 g/mol. The summed E-state index contributed by atoms with van der Waals surface area (Å²) in [6.45, 7) is 23.6. The van der Waals surface area contributed by atoms with Crippen LogP contribution in [0.25, 0.3) is 5.57 Å². The Hall–Kier alpha value is -2.54. The third kappa shape index (κ3) is 3.80. The summed E-state index contributed by atoms with van der Waals surface area (Å²) in [6, 6.07) is 3.84. The van der Waals surface area contributed by atoms with E-state index in [1.54, 1.807) is 18.2 Å². The molecule has 160 valence electrons. The van der Waals surface area contributed by atoms with Gasteiger partial charge in [0.05, 0.1) is 10.4 Å². The molecule has 1 aromatic rings. The van der Waals surface area contributed by atoms with Crippen LogP contribution in [0, 0.1) is 0 Å². The van der Waals surface area contributed by atoms with Gasteiger partial charge in [0.25, 0.3) is 0 Å². The Kier molecular flexibility index (Phi) is 8.12. The zero-order chi connectivity index (χ0) is 23.3. The maximum atomic E-state index is 6.73. The van der Waals surface area contributed by atoms with Gasteiger partial charge in [-0.3, -0.25) is 0 Å². The summed E-state index contributed by atoms with van der Waals surface area (Å²) < 4.78 is 0. The summed E-state index contributed by atoms with van der Waals surface area (Å²) >= 11 is 13.2. The first-order valence-electron chi connectivity index (χ1n) is 10.2. The lowest BCUT2D eigenvalue weighted by Gasteiger charge is -2.33. The first kappa shape index (κ1) is 24.7. The van der Waals surface area contributed by atoms with Gasteiger partial charge in [0.1, 0.15) is 0 Å². The summed E-state index contributed by atoms with van der Waals surface area (Å²) in [4.78, 5) is 0. The van der Waals surface area contributed by atoms with E-state index in [0.717, 1.165) is 22.3 Å². The molecule has 0 saturated carbocycles. The molecule has 0 aromatic heterocycles. The van der Waals surface area contributed by atoms with Gasteiger partial charge < -0.3 is 0 Å². The first-order valence-corrected chi connectivity index (χ1v) is 11.0. The Balaban J connectivity index is 0.00000107. The standard InChI is InChI=1S/C26H24Cl2.C3H6/c1-7-11-13-22-17(6)16(5)20(9-3)26(22)21(10-4)19(12-8-2)25-23(26)14-18(27)15-24(25)28;1-3-2/h7-15H,1-3H2,4-6H3;3H,1H2,2H3/b13-11-,19-12+,21-10+;. The SMILES string of the molecule is C=C/C=C\C1=C(C)C(C)=C(C=C)C12C(=C/C)/C(=C\C=C)c1c(Cl)cc(Cl)cc12.C=CC. The van der Waals surface area contributed by atoms with Crippen molar-refractivity contribution in [3.63, 3.8) is 0 Å². The molecular weight excluding hydrogens is 419 g/mol. The van der Waals surface area contributed by atoms with Crippen LogP contribution in [0.4, 0.5) is 0 Å². The van der Waals surface area contributed by atoms with Crippen molar-refractivity contribution >= 4 is 28.8 Å². The summed E-state index contributed by atoms with van der Waals surface area (Å²) in [7, 11) is 0. The van der Waals surface area contributed by atoms with Crippen molar-refractivity contribution in [3.8, 4) is 0 Å². The van der Waals surface area contributed by atoms with Gasteiger partial charge in [-0.2, -0.15) is 0 Å². The highest BCUT2D eigenvalue weighted by Crippen LogP contribution is 2.64. The number of allylic oxidation sites excluding steroid dienone is 14. The number of fused-ring (bicyclic) bond motifs is 2. The minimum absolute atomic E-state index is 0.497. The average molecular weight is 449 g/mol. The zero-order valence-corrected chi connectivity index (χ0v) is 20.4. The maximum absolute atomic E-state index is 6.73. The molecule has 0 fully saturated rings. The fourth-order valence-electron chi connectivity index (χ4n) is 4.70. The molecule has 0 nitrogen and oxygen atoms in total. The molecule has 0 aliphatic heterocycles. The Labute approximate surface area is 197 Å². The predicted molar refractivity (Wildman–Crippen MR) is 141 cm³/mol. The van der Waals surface area contributed by atoms with Gasteiger partial charge in [-0.25, -0.2) is 0 Å². The molecule has 1 spiro atoms. The van der Waals surface area contributed by atoms with E-state index >= 15 is 0 Å². The molecule has 3 rings (SSSR count). The van der Waals surface area contributed by atoms with Crippen molar-refractivity contribution in [1.82, 2.24) is 0 Å². The van der Waals surface area contributed by atoms with Crippen LogP contribution in [0.5, 0.6) is 0 Å². The van der Waals surface area contributed by atoms with Crippen LogP contribution in [-0.4, -0.2) is 0 Å². The van der Waals surface area contributed by atoms with E-state index in [-0.39, 0.29) is 0 Å². The van der Waals surface area contributed by atoms with Crippen LogP contribution in [0.3, 0.4) is 0 Å². The van der Waals surface area contributed by atoms with Gasteiger partial charge in [-0.15, -0.1) is 6.58 Å². The lowest BCUT2D eigenvalue weighted by molar-refractivity contribution is 0.777. The molecule has 1 unspecified atom stereocenters. The van der Waals surface area contributed by atoms with Crippen LogP contribution in [-0.2, 0) is 5.41 Å². The van der Waals surface area contributed by atoms with Crippen molar-refractivity contribution in [2.45, 2.75) is 33.1 Å². The van der Waals surface area contributed by atoms with E-state index < -0.39 is 5.41 Å². The largest absolute Gasteiger partial charge is 0.103 e. The Morgan fingerprint density at radius 3 is 2.03 bits per heavy atom. The highest BCUT2D eigenvalue weighted by molar-refractivity contribution is 6.36. The van der Waals surface area contributed by atoms with Crippen LogP contribution < -0.4 is 0 Å². The van der Waals surface area contributed by atoms with E-state index in [2.05, 4.69) is 59.2 Å². The molecule has 0 amide bonds. The van der Waals surface area contributed by atoms with E-state index in [0.29, 0.717) is 10.0 Å². The molecule has 0 heterocycles. The van der Waals surface area contributed by atoms with Crippen molar-refractivity contribution < 1.29 is 0 Å². The summed E-state index contributed by atoms with van der Waals surface area (Å²) in [5.74, 6) is 0. The molecular formula is C29H30Cl2. The van der Waals surface area contributed by atoms with Gasteiger partial charge >= 0.3 is 0 Å². The van der Waals surface area contributed by atoms with Crippen LogP contribution in [0.15, 0.2) is 115 Å². The van der Waals surface area contributed by atoms with E-state index in [1.165, 1.54) is 22.3 Å². The first-order chi connectivity index (χ1) is 14.8. The van der Waals surface area contributed by atoms with Gasteiger partial charge in [-0.1, -0.05) is 91.5 Å². The smallest absolute Gasteiger partial charge is 0.0716 e. The molecule has 31 heavy (non-hydrogen) atoms. The van der Waals surface area contributed by atoms with Crippen molar-refractivity contribution in [2.75, 3.05) is 0 Å². The highest BCUT2D eigenvalue weighted by atomic mass is 35.5. The number of rotatable bonds is 4. The van der Waals surface area contributed by atoms with Crippen LogP contribution >= 0.6 is 23.2 Å². The second-order valence-electron chi connectivity index (χ2n) is 7.36. The van der Waals surface area contributed by atoms with Crippen molar-refractivity contribution in [1.29, 1.82) is 0 Å². The molecule has 0 radical (unpaired) electrons. The minimum atomic E-state index is -0.497. The fraction of sp³-hybridized carbons (Fsp3) is 0.172. The van der Waals surface area contributed by atoms with Crippen LogP contribution in [0.1, 0.15) is 38.8 Å². The second-order valence-corrected chi connectivity index (χ2v) is 8.21. The Bertz CT molecular complexity index is 1100. The normalized spacial score (nSPS) is 22.3. The zero-order valence-electron chi connectivity index (χ0n) is 18.9. The predicted octanol–water partition coefficient (Wildman–Crippen LogP) is 9.53. The number of halogens is 2. The molecule has 0 saturated heterocycles. The number of hydrogen-bond donors (Lipinski definition) is 0. The van der Waals surface area contributed by atoms with E-state index in [9.17, 15) is 0 Å². The summed E-state index contributed by atoms with van der Waals surface area (Å²) in [5.41, 5.74) is 8.64.